The highest BCUT2D eigenvalue weighted by Crippen LogP contribution is 2.31. The number of hydrogen-bond acceptors (Lipinski definition) is 3. The molecular formula is C17H25ClN4. The Morgan fingerprint density at radius 3 is 2.68 bits per heavy atom. The van der Waals surface area contributed by atoms with Crippen molar-refractivity contribution in [2.75, 3.05) is 19.6 Å². The molecule has 120 valence electrons. The first-order valence-electron chi connectivity index (χ1n) is 7.61. The van der Waals surface area contributed by atoms with Crippen molar-refractivity contribution in [3.63, 3.8) is 0 Å². The minimum atomic E-state index is 0. The maximum Gasteiger partial charge on any atom is 0.0695 e. The Balaban J connectivity index is 0.00000176. The zero-order valence-corrected chi connectivity index (χ0v) is 14.1. The lowest BCUT2D eigenvalue weighted by Crippen LogP contribution is -2.31. The van der Waals surface area contributed by atoms with Gasteiger partial charge in [-0.25, -0.2) is 0 Å². The first-order chi connectivity index (χ1) is 10.1. The number of halogens is 1. The van der Waals surface area contributed by atoms with Gasteiger partial charge in [0, 0.05) is 18.7 Å². The summed E-state index contributed by atoms with van der Waals surface area (Å²) >= 11 is 0. The molecule has 1 saturated heterocycles. The van der Waals surface area contributed by atoms with E-state index in [2.05, 4.69) is 53.2 Å². The maximum atomic E-state index is 5.89. The van der Waals surface area contributed by atoms with E-state index in [1.54, 1.807) is 0 Å². The van der Waals surface area contributed by atoms with Gasteiger partial charge in [-0.2, -0.15) is 5.10 Å². The van der Waals surface area contributed by atoms with E-state index in [-0.39, 0.29) is 17.8 Å². The molecule has 22 heavy (non-hydrogen) atoms. The van der Waals surface area contributed by atoms with Crippen molar-refractivity contribution >= 4 is 12.4 Å². The lowest BCUT2D eigenvalue weighted by Gasteiger charge is -2.22. The average Bonchev–Trinajstić information content (AvgIpc) is 3.08. The number of nitrogens with one attached hydrogen (secondary N) is 1. The summed E-state index contributed by atoms with van der Waals surface area (Å²) < 4.78 is 0. The molecule has 1 atom stereocenters. The second-order valence-corrected chi connectivity index (χ2v) is 6.61. The van der Waals surface area contributed by atoms with Crippen molar-refractivity contribution in [3.8, 4) is 11.3 Å². The predicted octanol–water partition coefficient (Wildman–Crippen LogP) is 2.98. The van der Waals surface area contributed by atoms with Gasteiger partial charge < -0.3 is 5.73 Å². The molecule has 3 rings (SSSR count). The van der Waals surface area contributed by atoms with Crippen LogP contribution in [0.4, 0.5) is 0 Å². The predicted molar refractivity (Wildman–Crippen MR) is 93.1 cm³/mol. The standard InChI is InChI=1S/C17H24N4.ClH/c1-13-3-5-14(6-4-13)16-15(9-19-20-16)10-21-8-7-17(2,11-18)12-21;/h3-6,9H,7-8,10-12,18H2,1-2H3,(H,19,20);1H. The van der Waals surface area contributed by atoms with Crippen molar-refractivity contribution in [3.05, 3.63) is 41.6 Å². The van der Waals surface area contributed by atoms with Crippen LogP contribution in [0.1, 0.15) is 24.5 Å². The van der Waals surface area contributed by atoms with Crippen LogP contribution < -0.4 is 5.73 Å². The van der Waals surface area contributed by atoms with Crippen LogP contribution in [0.2, 0.25) is 0 Å². The molecule has 5 heteroatoms. The number of likely N-dealkylation sites (tertiary alicyclic amines) is 1. The SMILES string of the molecule is Cc1ccc(-c2[nH]ncc2CN2CCC(C)(CN)C2)cc1.Cl. The van der Waals surface area contributed by atoms with Crippen LogP contribution in [-0.2, 0) is 6.54 Å². The summed E-state index contributed by atoms with van der Waals surface area (Å²) in [6.07, 6.45) is 3.13. The highest BCUT2D eigenvalue weighted by atomic mass is 35.5. The number of aromatic nitrogens is 2. The summed E-state index contributed by atoms with van der Waals surface area (Å²) in [7, 11) is 0. The van der Waals surface area contributed by atoms with Gasteiger partial charge in [0.2, 0.25) is 0 Å². The van der Waals surface area contributed by atoms with Crippen LogP contribution in [0.5, 0.6) is 0 Å². The second kappa shape index (κ2) is 6.82. The van der Waals surface area contributed by atoms with E-state index in [0.717, 1.165) is 31.9 Å². The van der Waals surface area contributed by atoms with Crippen LogP contribution in [0.25, 0.3) is 11.3 Å². The monoisotopic (exact) mass is 320 g/mol. The topological polar surface area (TPSA) is 57.9 Å². The molecule has 3 N–H and O–H groups in total. The number of nitrogens with two attached hydrogens (primary N) is 1. The van der Waals surface area contributed by atoms with Crippen molar-refractivity contribution < 1.29 is 0 Å². The molecule has 0 radical (unpaired) electrons. The van der Waals surface area contributed by atoms with Crippen molar-refractivity contribution in [1.29, 1.82) is 0 Å². The third-order valence-electron chi connectivity index (χ3n) is 4.58. The van der Waals surface area contributed by atoms with Gasteiger partial charge in [-0.15, -0.1) is 12.4 Å². The lowest BCUT2D eigenvalue weighted by atomic mass is 9.90. The van der Waals surface area contributed by atoms with Gasteiger partial charge in [-0.1, -0.05) is 36.8 Å². The largest absolute Gasteiger partial charge is 0.330 e. The fourth-order valence-corrected chi connectivity index (χ4v) is 3.07. The van der Waals surface area contributed by atoms with Crippen molar-refractivity contribution in [2.24, 2.45) is 11.1 Å². The molecule has 1 aromatic heterocycles. The smallest absolute Gasteiger partial charge is 0.0695 e. The van der Waals surface area contributed by atoms with Crippen LogP contribution in [0, 0.1) is 12.3 Å². The molecule has 2 aromatic rings. The average molecular weight is 321 g/mol. The fraction of sp³-hybridized carbons (Fsp3) is 0.471. The molecule has 1 aliphatic heterocycles. The molecule has 0 bridgehead atoms. The molecule has 0 spiro atoms. The minimum Gasteiger partial charge on any atom is -0.330 e. The third kappa shape index (κ3) is 3.51. The molecule has 1 aliphatic rings. The normalized spacial score (nSPS) is 21.8. The zero-order chi connectivity index (χ0) is 14.9. The van der Waals surface area contributed by atoms with Crippen LogP contribution in [-0.4, -0.2) is 34.7 Å². The number of benzene rings is 1. The Bertz CT molecular complexity index is 607. The molecule has 4 nitrogen and oxygen atoms in total. The molecule has 0 aliphatic carbocycles. The number of aromatic amines is 1. The quantitative estimate of drug-likeness (QED) is 0.910. The van der Waals surface area contributed by atoms with Gasteiger partial charge in [0.15, 0.2) is 0 Å². The van der Waals surface area contributed by atoms with E-state index in [1.165, 1.54) is 23.1 Å². The van der Waals surface area contributed by atoms with Crippen LogP contribution in [0.15, 0.2) is 30.5 Å². The summed E-state index contributed by atoms with van der Waals surface area (Å²) in [5, 5.41) is 7.39. The number of H-pyrrole nitrogens is 1. The van der Waals surface area contributed by atoms with E-state index in [0.29, 0.717) is 0 Å². The van der Waals surface area contributed by atoms with E-state index in [1.807, 2.05) is 6.20 Å². The maximum absolute atomic E-state index is 5.89. The van der Waals surface area contributed by atoms with Gasteiger partial charge in [-0.3, -0.25) is 10.00 Å². The molecule has 0 amide bonds. The number of hydrogen-bond donors (Lipinski definition) is 2. The molecule has 2 heterocycles. The molecule has 1 fully saturated rings. The minimum absolute atomic E-state index is 0. The Labute approximate surface area is 138 Å². The highest BCUT2D eigenvalue weighted by Gasteiger charge is 2.32. The van der Waals surface area contributed by atoms with E-state index >= 15 is 0 Å². The highest BCUT2D eigenvalue weighted by molar-refractivity contribution is 5.85. The Kier molecular flexibility index (Phi) is 5.27. The van der Waals surface area contributed by atoms with Crippen molar-refractivity contribution in [2.45, 2.75) is 26.8 Å². The Morgan fingerprint density at radius 1 is 1.32 bits per heavy atom. The van der Waals surface area contributed by atoms with Gasteiger partial charge in [0.1, 0.15) is 0 Å². The lowest BCUT2D eigenvalue weighted by molar-refractivity contribution is 0.275. The summed E-state index contributed by atoms with van der Waals surface area (Å²) in [4.78, 5) is 2.48. The van der Waals surface area contributed by atoms with Gasteiger partial charge in [-0.05, 0) is 37.4 Å². The molecule has 1 aromatic carbocycles. The van der Waals surface area contributed by atoms with E-state index in [4.69, 9.17) is 5.73 Å². The fourth-order valence-electron chi connectivity index (χ4n) is 3.07. The summed E-state index contributed by atoms with van der Waals surface area (Å²) in [6.45, 7) is 8.28. The van der Waals surface area contributed by atoms with E-state index in [9.17, 15) is 0 Å². The third-order valence-corrected chi connectivity index (χ3v) is 4.58. The van der Waals surface area contributed by atoms with Crippen LogP contribution >= 0.6 is 12.4 Å². The number of nitrogens with zero attached hydrogens (tertiary/aromatic N) is 2. The second-order valence-electron chi connectivity index (χ2n) is 6.61. The zero-order valence-electron chi connectivity index (χ0n) is 13.3. The summed E-state index contributed by atoms with van der Waals surface area (Å²) in [6, 6.07) is 8.59. The Morgan fingerprint density at radius 2 is 2.05 bits per heavy atom. The molecule has 0 saturated carbocycles. The molecule has 1 unspecified atom stereocenters. The number of aryl methyl sites for hydroxylation is 1. The first-order valence-corrected chi connectivity index (χ1v) is 7.61. The Hall–Kier alpha value is -1.36. The first kappa shape index (κ1) is 17.0. The van der Waals surface area contributed by atoms with Gasteiger partial charge >= 0.3 is 0 Å². The van der Waals surface area contributed by atoms with Gasteiger partial charge in [0.25, 0.3) is 0 Å². The van der Waals surface area contributed by atoms with Crippen LogP contribution in [0.3, 0.4) is 0 Å². The van der Waals surface area contributed by atoms with E-state index < -0.39 is 0 Å². The number of rotatable bonds is 4. The van der Waals surface area contributed by atoms with Crippen molar-refractivity contribution in [1.82, 2.24) is 15.1 Å². The van der Waals surface area contributed by atoms with Gasteiger partial charge in [0.05, 0.1) is 11.9 Å². The summed E-state index contributed by atoms with van der Waals surface area (Å²) in [5.41, 5.74) is 11.0. The summed E-state index contributed by atoms with van der Waals surface area (Å²) in [5.74, 6) is 0. The molecular weight excluding hydrogens is 296 g/mol.